The number of rotatable bonds is 25. The van der Waals surface area contributed by atoms with Gasteiger partial charge in [0, 0.05) is 10.8 Å². The van der Waals surface area contributed by atoms with Crippen molar-refractivity contribution in [2.75, 3.05) is 27.4 Å². The van der Waals surface area contributed by atoms with E-state index in [-0.39, 0.29) is 22.7 Å². The number of unbranched alkanes of at least 4 members (excludes halogenated alkanes) is 13. The number of Topliss-reactive ketones (excluding diaryl/α,β-unsaturated/α-hetero) is 2. The summed E-state index contributed by atoms with van der Waals surface area (Å²) in [5.74, 6) is 2.15. The molecule has 0 saturated carbocycles. The van der Waals surface area contributed by atoms with Gasteiger partial charge in [-0.1, -0.05) is 131 Å². The van der Waals surface area contributed by atoms with Gasteiger partial charge in [0.05, 0.1) is 38.6 Å². The molecule has 8 heteroatoms. The van der Waals surface area contributed by atoms with Crippen molar-refractivity contribution < 1.29 is 28.5 Å². The lowest BCUT2D eigenvalue weighted by Crippen LogP contribution is -2.21. The molecule has 0 aromatic heterocycles. The summed E-state index contributed by atoms with van der Waals surface area (Å²) in [5, 5.41) is 19.0. The maximum atomic E-state index is 12.5. The molecule has 0 fully saturated rings. The van der Waals surface area contributed by atoms with Crippen LogP contribution in [0, 0.1) is 33.5 Å². The topological polar surface area (TPSA) is 119 Å². The lowest BCUT2D eigenvalue weighted by molar-refractivity contribution is -0.122. The number of hydrogen-bond donors (Lipinski definition) is 0. The van der Waals surface area contributed by atoms with Gasteiger partial charge in [0.2, 0.25) is 0 Å². The molecule has 0 unspecified atom stereocenters. The molecule has 0 saturated heterocycles. The summed E-state index contributed by atoms with van der Waals surface area (Å²) < 4.78 is 23.0. The summed E-state index contributed by atoms with van der Waals surface area (Å²) in [7, 11) is 3.19. The molecule has 8 nitrogen and oxygen atoms in total. The molecule has 0 heterocycles. The van der Waals surface area contributed by atoms with Crippen LogP contribution < -0.4 is 18.9 Å². The molecule has 0 aliphatic rings. The molecule has 54 heavy (non-hydrogen) atoms. The minimum absolute atomic E-state index is 0.131. The summed E-state index contributed by atoms with van der Waals surface area (Å²) in [4.78, 5) is 25.1. The number of benzene rings is 2. The second-order valence-electron chi connectivity index (χ2n) is 16.0. The van der Waals surface area contributed by atoms with Crippen molar-refractivity contribution in [2.45, 2.75) is 131 Å². The van der Waals surface area contributed by atoms with E-state index in [1.54, 1.807) is 80.0 Å². The monoisotopic (exact) mass is 740 g/mol. The van der Waals surface area contributed by atoms with Crippen molar-refractivity contribution >= 4 is 23.7 Å². The van der Waals surface area contributed by atoms with Crippen LogP contribution in [0.15, 0.2) is 47.5 Å². The lowest BCUT2D eigenvalue weighted by Gasteiger charge is -2.15. The third kappa shape index (κ3) is 16.6. The molecular weight excluding hydrogens is 677 g/mol. The highest BCUT2D eigenvalue weighted by Crippen LogP contribution is 2.32. The average Bonchev–Trinajstić information content (AvgIpc) is 3.14. The first-order valence-electron chi connectivity index (χ1n) is 19.7. The Bertz CT molecular complexity index is 1510. The molecule has 0 bridgehead atoms. The molecule has 0 amide bonds. The first kappa shape index (κ1) is 45.6. The molecule has 2 aromatic rings. The average molecular weight is 741 g/mol. The molecule has 2 aromatic carbocycles. The van der Waals surface area contributed by atoms with Crippen molar-refractivity contribution in [3.05, 3.63) is 58.7 Å². The van der Waals surface area contributed by atoms with E-state index in [1.807, 2.05) is 36.4 Å². The number of hydrogen-bond acceptors (Lipinski definition) is 8. The van der Waals surface area contributed by atoms with Gasteiger partial charge in [0.25, 0.3) is 0 Å². The Hall–Kier alpha value is -4.56. The Morgan fingerprint density at radius 1 is 0.519 bits per heavy atom. The highest BCUT2D eigenvalue weighted by atomic mass is 16.5. The zero-order chi connectivity index (χ0) is 40.0. The van der Waals surface area contributed by atoms with Crippen LogP contribution >= 0.6 is 0 Å². The first-order valence-corrected chi connectivity index (χ1v) is 19.7. The number of methoxy groups -OCH3 is 2. The highest BCUT2D eigenvalue weighted by molar-refractivity contribution is 6.06. The number of carbonyl (C=O) groups is 2. The second-order valence-corrected chi connectivity index (χ2v) is 16.0. The fourth-order valence-electron chi connectivity index (χ4n) is 5.91. The first-order chi connectivity index (χ1) is 25.7. The summed E-state index contributed by atoms with van der Waals surface area (Å²) in [6, 6.07) is 15.0. The van der Waals surface area contributed by atoms with Gasteiger partial charge in [-0.05, 0) is 60.4 Å². The standard InChI is InChI=1S/C46H64N2O6/c1-45(2,3)43(49)37(33-47)29-35-23-25-39(41(31-35)51-7)53-27-21-19-17-15-13-11-9-10-12-14-16-18-20-22-28-54-40-26-24-36(32-42(40)52-8)30-38(34-48)44(50)46(4,5)6/h23-26,29-32H,9-22,27-28H2,1-8H3. The van der Waals surface area contributed by atoms with Crippen molar-refractivity contribution in [2.24, 2.45) is 10.8 Å². The molecule has 294 valence electrons. The van der Waals surface area contributed by atoms with Gasteiger partial charge >= 0.3 is 0 Å². The van der Waals surface area contributed by atoms with Gasteiger partial charge in [0.1, 0.15) is 12.1 Å². The van der Waals surface area contributed by atoms with Crippen molar-refractivity contribution in [3.8, 4) is 35.1 Å². The van der Waals surface area contributed by atoms with E-state index in [1.165, 1.54) is 64.2 Å². The van der Waals surface area contributed by atoms with Crippen LogP contribution in [-0.4, -0.2) is 39.0 Å². The maximum absolute atomic E-state index is 12.5. The summed E-state index contributed by atoms with van der Waals surface area (Å²) in [6.07, 6.45) is 20.2. The van der Waals surface area contributed by atoms with E-state index in [4.69, 9.17) is 18.9 Å². The minimum Gasteiger partial charge on any atom is -0.493 e. The maximum Gasteiger partial charge on any atom is 0.178 e. The van der Waals surface area contributed by atoms with Crippen molar-refractivity contribution in [3.63, 3.8) is 0 Å². The van der Waals surface area contributed by atoms with Crippen LogP contribution in [0.1, 0.15) is 143 Å². The van der Waals surface area contributed by atoms with Crippen LogP contribution in [-0.2, 0) is 9.59 Å². The minimum atomic E-state index is -0.619. The zero-order valence-electron chi connectivity index (χ0n) is 34.3. The molecule has 0 aliphatic carbocycles. The molecular formula is C46H64N2O6. The third-order valence-corrected chi connectivity index (χ3v) is 9.14. The summed E-state index contributed by atoms with van der Waals surface area (Å²) in [5.41, 5.74) is 0.483. The predicted octanol–water partition coefficient (Wildman–Crippen LogP) is 11.7. The van der Waals surface area contributed by atoms with Crippen LogP contribution in [0.4, 0.5) is 0 Å². The van der Waals surface area contributed by atoms with Crippen LogP contribution in [0.5, 0.6) is 23.0 Å². The Morgan fingerprint density at radius 2 is 0.815 bits per heavy atom. The van der Waals surface area contributed by atoms with Crippen molar-refractivity contribution in [1.82, 2.24) is 0 Å². The molecule has 0 radical (unpaired) electrons. The number of nitrogens with zero attached hydrogens (tertiary/aromatic N) is 2. The number of allylic oxidation sites excluding steroid dienone is 2. The van der Waals surface area contributed by atoms with Crippen LogP contribution in [0.2, 0.25) is 0 Å². The zero-order valence-corrected chi connectivity index (χ0v) is 34.3. The Balaban J connectivity index is 1.51. The normalized spacial score (nSPS) is 12.1. The van der Waals surface area contributed by atoms with E-state index in [0.717, 1.165) is 36.8 Å². The van der Waals surface area contributed by atoms with Gasteiger partial charge in [-0.25, -0.2) is 0 Å². The largest absolute Gasteiger partial charge is 0.493 e. The molecule has 0 N–H and O–H groups in total. The SMILES string of the molecule is COc1cc(C=C(C#N)C(=O)C(C)(C)C)ccc1OCCCCCCCCCCCCCCCCOc1ccc(C=C(C#N)C(=O)C(C)(C)C)cc1OC. The fourth-order valence-corrected chi connectivity index (χ4v) is 5.91. The van der Waals surface area contributed by atoms with Gasteiger partial charge in [-0.15, -0.1) is 0 Å². The Morgan fingerprint density at radius 3 is 1.07 bits per heavy atom. The molecule has 2 rings (SSSR count). The van der Waals surface area contributed by atoms with E-state index in [2.05, 4.69) is 0 Å². The van der Waals surface area contributed by atoms with Gasteiger partial charge in [0.15, 0.2) is 34.6 Å². The van der Waals surface area contributed by atoms with Gasteiger partial charge in [-0.2, -0.15) is 10.5 Å². The molecule has 0 spiro atoms. The second kappa shape index (κ2) is 24.0. The number of ketones is 2. The highest BCUT2D eigenvalue weighted by Gasteiger charge is 2.26. The number of nitriles is 2. The van der Waals surface area contributed by atoms with E-state index < -0.39 is 10.8 Å². The number of carbonyl (C=O) groups excluding carboxylic acids is 2. The number of ether oxygens (including phenoxy) is 4. The molecule has 0 aliphatic heterocycles. The van der Waals surface area contributed by atoms with Gasteiger partial charge < -0.3 is 18.9 Å². The van der Waals surface area contributed by atoms with Gasteiger partial charge in [-0.3, -0.25) is 9.59 Å². The fraction of sp³-hybridized carbons (Fsp3) is 0.565. The van der Waals surface area contributed by atoms with E-state index in [0.29, 0.717) is 36.2 Å². The summed E-state index contributed by atoms with van der Waals surface area (Å²) >= 11 is 0. The lowest BCUT2D eigenvalue weighted by atomic mass is 9.86. The quantitative estimate of drug-likeness (QED) is 0.0560. The predicted molar refractivity (Wildman–Crippen MR) is 218 cm³/mol. The third-order valence-electron chi connectivity index (χ3n) is 9.14. The molecule has 0 atom stereocenters. The van der Waals surface area contributed by atoms with Crippen LogP contribution in [0.3, 0.4) is 0 Å². The van der Waals surface area contributed by atoms with E-state index >= 15 is 0 Å². The Kier molecular flexibility index (Phi) is 20.2. The van der Waals surface area contributed by atoms with E-state index in [9.17, 15) is 20.1 Å². The smallest absolute Gasteiger partial charge is 0.178 e. The Labute approximate surface area is 325 Å². The summed E-state index contributed by atoms with van der Waals surface area (Å²) in [6.45, 7) is 12.1. The van der Waals surface area contributed by atoms with Crippen LogP contribution in [0.25, 0.3) is 12.2 Å². The van der Waals surface area contributed by atoms with Crippen molar-refractivity contribution in [1.29, 1.82) is 10.5 Å².